The summed E-state index contributed by atoms with van der Waals surface area (Å²) in [5.74, 6) is 2.49. The zero-order chi connectivity index (χ0) is 28.8. The average molecular weight is 571 g/mol. The van der Waals surface area contributed by atoms with Crippen LogP contribution in [0.1, 0.15) is 62.1 Å². The Kier molecular flexibility index (Phi) is 11.8. The monoisotopic (exact) mass is 570 g/mol. The van der Waals surface area contributed by atoms with Crippen molar-refractivity contribution >= 4 is 17.6 Å². The number of likely N-dealkylation sites (N-methyl/N-ethyl adjacent to an activating group) is 1. The van der Waals surface area contributed by atoms with E-state index in [-0.39, 0.29) is 0 Å². The second kappa shape index (κ2) is 16.4. The van der Waals surface area contributed by atoms with Gasteiger partial charge in [0.1, 0.15) is 11.6 Å². The topological polar surface area (TPSA) is 80.4 Å². The summed E-state index contributed by atoms with van der Waals surface area (Å²) in [7, 11) is 0. The first kappa shape index (κ1) is 30.3. The van der Waals surface area contributed by atoms with E-state index in [0.29, 0.717) is 12.5 Å². The van der Waals surface area contributed by atoms with E-state index < -0.39 is 0 Å². The molecule has 2 aliphatic rings. The van der Waals surface area contributed by atoms with Gasteiger partial charge >= 0.3 is 0 Å². The molecule has 1 aromatic heterocycles. The number of hydrogen-bond donors (Lipinski definition) is 4. The normalized spacial score (nSPS) is 16.5. The third kappa shape index (κ3) is 9.68. The van der Waals surface area contributed by atoms with Crippen molar-refractivity contribution < 1.29 is 0 Å². The number of nitrogens with one attached hydrogen (secondary N) is 4. The first-order chi connectivity index (χ1) is 20.7. The lowest BCUT2D eigenvalue weighted by atomic mass is 9.95. The van der Waals surface area contributed by atoms with Gasteiger partial charge in [0.15, 0.2) is 0 Å². The van der Waals surface area contributed by atoms with Crippen molar-refractivity contribution in [3.63, 3.8) is 0 Å². The minimum atomic E-state index is 0.661. The predicted octanol–water partition coefficient (Wildman–Crippen LogP) is 5.24. The summed E-state index contributed by atoms with van der Waals surface area (Å²) in [6.45, 7) is 11.9. The van der Waals surface area contributed by atoms with Crippen molar-refractivity contribution in [2.24, 2.45) is 0 Å². The van der Waals surface area contributed by atoms with Gasteiger partial charge in [-0.1, -0.05) is 80.8 Å². The van der Waals surface area contributed by atoms with Gasteiger partial charge in [0.05, 0.1) is 0 Å². The Balaban J connectivity index is 1.11. The highest BCUT2D eigenvalue weighted by molar-refractivity contribution is 5.54. The number of anilines is 3. The van der Waals surface area contributed by atoms with Crippen LogP contribution < -0.4 is 26.2 Å². The van der Waals surface area contributed by atoms with Gasteiger partial charge in [-0.05, 0) is 55.6 Å². The zero-order valence-corrected chi connectivity index (χ0v) is 25.5. The quantitative estimate of drug-likeness (QED) is 0.185. The number of benzene rings is 2. The second-order valence-corrected chi connectivity index (χ2v) is 11.7. The van der Waals surface area contributed by atoms with Gasteiger partial charge in [-0.15, -0.1) is 0 Å². The Hall–Kier alpha value is -3.20. The Labute approximate surface area is 252 Å². The van der Waals surface area contributed by atoms with Crippen LogP contribution in [0.2, 0.25) is 0 Å². The maximum atomic E-state index is 4.92. The van der Waals surface area contributed by atoms with Crippen molar-refractivity contribution in [2.75, 3.05) is 61.3 Å². The molecular weight excluding hydrogens is 520 g/mol. The molecule has 2 aromatic carbocycles. The lowest BCUT2D eigenvalue weighted by molar-refractivity contribution is 0.270. The van der Waals surface area contributed by atoms with Crippen LogP contribution >= 0.6 is 0 Å². The van der Waals surface area contributed by atoms with Crippen molar-refractivity contribution in [3.8, 4) is 0 Å². The fourth-order valence-electron chi connectivity index (χ4n) is 5.86. The van der Waals surface area contributed by atoms with Gasteiger partial charge in [0.2, 0.25) is 5.95 Å². The molecule has 8 heteroatoms. The number of nitrogens with zero attached hydrogens (tertiary/aromatic N) is 4. The van der Waals surface area contributed by atoms with Gasteiger partial charge in [-0.25, -0.2) is 0 Å². The number of aromatic nitrogens is 2. The Bertz CT molecular complexity index is 1170. The fourth-order valence-corrected chi connectivity index (χ4v) is 5.86. The summed E-state index contributed by atoms with van der Waals surface area (Å²) in [5, 5.41) is 14.3. The molecule has 1 saturated carbocycles. The molecule has 2 heterocycles. The minimum Gasteiger partial charge on any atom is -0.366 e. The molecule has 1 aliphatic carbocycles. The van der Waals surface area contributed by atoms with Gasteiger partial charge in [0, 0.05) is 57.9 Å². The highest BCUT2D eigenvalue weighted by Gasteiger charge is 2.18. The molecule has 4 N–H and O–H groups in total. The SMILES string of the molecule is CCN1CCN(c2cc(NCc3ccccc3)nc(NCc3ccc(CNCCCNC4CCCCC4)cc3)n2)CC1. The van der Waals surface area contributed by atoms with Crippen molar-refractivity contribution in [2.45, 2.75) is 71.1 Å². The molecule has 0 spiro atoms. The van der Waals surface area contributed by atoms with Gasteiger partial charge < -0.3 is 31.1 Å². The van der Waals surface area contributed by atoms with Crippen LogP contribution in [-0.2, 0) is 19.6 Å². The fraction of sp³-hybridized carbons (Fsp3) is 0.529. The number of rotatable bonds is 15. The molecule has 226 valence electrons. The standard InChI is InChI=1S/C34H50N8/c1-2-41-20-22-42(23-21-41)33-24-32(37-26-28-10-5-3-6-11-28)39-34(40-33)38-27-30-16-14-29(15-17-30)25-35-18-9-19-36-31-12-7-4-8-13-31/h3,5-6,10-11,14-17,24,31,35-36H,2,4,7-9,12-13,18-23,25-27H2,1H3,(H2,37,38,39,40). The summed E-state index contributed by atoms with van der Waals surface area (Å²) in [6, 6.07) is 22.1. The molecule has 0 atom stereocenters. The molecule has 1 aliphatic heterocycles. The molecule has 0 radical (unpaired) electrons. The summed E-state index contributed by atoms with van der Waals surface area (Å²) in [5.41, 5.74) is 3.77. The minimum absolute atomic E-state index is 0.661. The third-order valence-corrected chi connectivity index (χ3v) is 8.54. The van der Waals surface area contributed by atoms with Crippen LogP contribution in [-0.4, -0.2) is 66.7 Å². The van der Waals surface area contributed by atoms with Crippen molar-refractivity contribution in [1.29, 1.82) is 0 Å². The summed E-state index contributed by atoms with van der Waals surface area (Å²) in [6.07, 6.45) is 8.09. The maximum Gasteiger partial charge on any atom is 0.226 e. The van der Waals surface area contributed by atoms with E-state index in [9.17, 15) is 0 Å². The van der Waals surface area contributed by atoms with Crippen LogP contribution in [0, 0.1) is 0 Å². The highest BCUT2D eigenvalue weighted by Crippen LogP contribution is 2.21. The Morgan fingerprint density at radius 2 is 1.43 bits per heavy atom. The molecule has 0 amide bonds. The van der Waals surface area contributed by atoms with E-state index >= 15 is 0 Å². The van der Waals surface area contributed by atoms with Crippen LogP contribution in [0.25, 0.3) is 0 Å². The van der Waals surface area contributed by atoms with Gasteiger partial charge in [-0.2, -0.15) is 9.97 Å². The second-order valence-electron chi connectivity index (χ2n) is 11.7. The molecule has 5 rings (SSSR count). The van der Waals surface area contributed by atoms with Gasteiger partial charge in [-0.3, -0.25) is 0 Å². The summed E-state index contributed by atoms with van der Waals surface area (Å²) >= 11 is 0. The number of hydrogen-bond acceptors (Lipinski definition) is 8. The summed E-state index contributed by atoms with van der Waals surface area (Å²) in [4.78, 5) is 14.6. The molecule has 1 saturated heterocycles. The van der Waals surface area contributed by atoms with E-state index in [1.54, 1.807) is 0 Å². The van der Waals surface area contributed by atoms with Gasteiger partial charge in [0.25, 0.3) is 0 Å². The largest absolute Gasteiger partial charge is 0.366 e. The molecule has 0 unspecified atom stereocenters. The van der Waals surface area contributed by atoms with Crippen molar-refractivity contribution in [3.05, 3.63) is 77.4 Å². The lowest BCUT2D eigenvalue weighted by Gasteiger charge is -2.35. The summed E-state index contributed by atoms with van der Waals surface area (Å²) < 4.78 is 0. The third-order valence-electron chi connectivity index (χ3n) is 8.54. The predicted molar refractivity (Wildman–Crippen MR) is 175 cm³/mol. The maximum absolute atomic E-state index is 4.92. The smallest absolute Gasteiger partial charge is 0.226 e. The Morgan fingerprint density at radius 3 is 2.17 bits per heavy atom. The first-order valence-electron chi connectivity index (χ1n) is 16.1. The lowest BCUT2D eigenvalue weighted by Crippen LogP contribution is -2.46. The molecule has 2 fully saturated rings. The van der Waals surface area contributed by atoms with Crippen LogP contribution in [0.4, 0.5) is 17.6 Å². The van der Waals surface area contributed by atoms with E-state index in [2.05, 4.69) is 92.6 Å². The van der Waals surface area contributed by atoms with E-state index in [1.807, 2.05) is 6.07 Å². The van der Waals surface area contributed by atoms with E-state index in [0.717, 1.165) is 76.6 Å². The zero-order valence-electron chi connectivity index (χ0n) is 25.5. The van der Waals surface area contributed by atoms with Crippen LogP contribution in [0.15, 0.2) is 60.7 Å². The number of piperazine rings is 1. The van der Waals surface area contributed by atoms with E-state index in [4.69, 9.17) is 9.97 Å². The highest BCUT2D eigenvalue weighted by atomic mass is 15.3. The van der Waals surface area contributed by atoms with E-state index in [1.165, 1.54) is 55.2 Å². The molecule has 0 bridgehead atoms. The van der Waals surface area contributed by atoms with Crippen LogP contribution in [0.3, 0.4) is 0 Å². The molecule has 42 heavy (non-hydrogen) atoms. The average Bonchev–Trinajstić information content (AvgIpc) is 3.06. The van der Waals surface area contributed by atoms with Crippen molar-refractivity contribution in [1.82, 2.24) is 25.5 Å². The Morgan fingerprint density at radius 1 is 0.738 bits per heavy atom. The van der Waals surface area contributed by atoms with Crippen LogP contribution in [0.5, 0.6) is 0 Å². The molecule has 3 aromatic rings. The molecule has 8 nitrogen and oxygen atoms in total. The molecular formula is C34H50N8. The first-order valence-corrected chi connectivity index (χ1v) is 16.1.